The number of anilines is 1. The van der Waals surface area contributed by atoms with Gasteiger partial charge in [0.25, 0.3) is 0 Å². The minimum atomic E-state index is -0.135. The molecule has 1 aromatic carbocycles. The summed E-state index contributed by atoms with van der Waals surface area (Å²) in [4.78, 5) is 12.1. The molecule has 5 heteroatoms. The first-order valence-electron chi connectivity index (χ1n) is 7.35. The third-order valence-electron chi connectivity index (χ3n) is 3.75. The Labute approximate surface area is 134 Å². The van der Waals surface area contributed by atoms with Crippen LogP contribution < -0.4 is 10.1 Å². The van der Waals surface area contributed by atoms with Gasteiger partial charge in [0.2, 0.25) is 5.91 Å². The summed E-state index contributed by atoms with van der Waals surface area (Å²) in [6, 6.07) is 3.78. The maximum atomic E-state index is 12.1. The summed E-state index contributed by atoms with van der Waals surface area (Å²) in [6.07, 6.45) is 6.04. The lowest BCUT2D eigenvalue weighted by Crippen LogP contribution is -2.25. The van der Waals surface area contributed by atoms with Crippen LogP contribution in [0.2, 0.25) is 0 Å². The van der Waals surface area contributed by atoms with Gasteiger partial charge in [-0.25, -0.2) is 0 Å². The van der Waals surface area contributed by atoms with Gasteiger partial charge in [-0.2, -0.15) is 0 Å². The molecule has 0 unspecified atom stereocenters. The van der Waals surface area contributed by atoms with Gasteiger partial charge in [-0.15, -0.1) is 0 Å². The van der Waals surface area contributed by atoms with Crippen LogP contribution in [0.3, 0.4) is 0 Å². The van der Waals surface area contributed by atoms with Gasteiger partial charge in [-0.05, 0) is 37.5 Å². The second kappa shape index (κ2) is 7.80. The SMILES string of the molecule is COc1cc(Br)cc(C)c1NC(=O)COC1CCCCC1. The van der Waals surface area contributed by atoms with E-state index in [2.05, 4.69) is 21.2 Å². The van der Waals surface area contributed by atoms with Crippen molar-refractivity contribution < 1.29 is 14.3 Å². The van der Waals surface area contributed by atoms with E-state index in [0.717, 1.165) is 22.9 Å². The summed E-state index contributed by atoms with van der Waals surface area (Å²) in [7, 11) is 1.59. The van der Waals surface area contributed by atoms with Crippen molar-refractivity contribution in [3.8, 4) is 5.75 Å². The molecule has 21 heavy (non-hydrogen) atoms. The first kappa shape index (κ1) is 16.3. The van der Waals surface area contributed by atoms with Crippen molar-refractivity contribution in [2.45, 2.75) is 45.1 Å². The Hall–Kier alpha value is -1.07. The molecule has 1 aliphatic carbocycles. The summed E-state index contributed by atoms with van der Waals surface area (Å²) < 4.78 is 11.9. The van der Waals surface area contributed by atoms with Crippen LogP contribution in [0.5, 0.6) is 5.75 Å². The van der Waals surface area contributed by atoms with E-state index < -0.39 is 0 Å². The van der Waals surface area contributed by atoms with E-state index in [-0.39, 0.29) is 18.6 Å². The van der Waals surface area contributed by atoms with Gasteiger partial charge >= 0.3 is 0 Å². The maximum absolute atomic E-state index is 12.1. The molecule has 4 nitrogen and oxygen atoms in total. The Kier molecular flexibility index (Phi) is 6.06. The largest absolute Gasteiger partial charge is 0.495 e. The topological polar surface area (TPSA) is 47.6 Å². The van der Waals surface area contributed by atoms with Gasteiger partial charge in [-0.1, -0.05) is 35.2 Å². The predicted octanol–water partition coefficient (Wildman–Crippen LogP) is 4.05. The lowest BCUT2D eigenvalue weighted by Gasteiger charge is -2.22. The van der Waals surface area contributed by atoms with E-state index in [4.69, 9.17) is 9.47 Å². The second-order valence-electron chi connectivity index (χ2n) is 5.42. The fourth-order valence-electron chi connectivity index (χ4n) is 2.63. The highest BCUT2D eigenvalue weighted by molar-refractivity contribution is 9.10. The number of benzene rings is 1. The maximum Gasteiger partial charge on any atom is 0.250 e. The molecule has 0 atom stereocenters. The Balaban J connectivity index is 1.93. The van der Waals surface area contributed by atoms with Gasteiger partial charge < -0.3 is 14.8 Å². The van der Waals surface area contributed by atoms with Gasteiger partial charge in [0.15, 0.2) is 0 Å². The number of carbonyl (C=O) groups is 1. The van der Waals surface area contributed by atoms with E-state index in [1.54, 1.807) is 7.11 Å². The monoisotopic (exact) mass is 355 g/mol. The van der Waals surface area contributed by atoms with Gasteiger partial charge in [-0.3, -0.25) is 4.79 Å². The molecule has 0 bridgehead atoms. The molecule has 0 spiro atoms. The van der Waals surface area contributed by atoms with Crippen LogP contribution in [0.15, 0.2) is 16.6 Å². The molecule has 0 aromatic heterocycles. The zero-order chi connectivity index (χ0) is 15.2. The lowest BCUT2D eigenvalue weighted by atomic mass is 9.98. The number of carbonyl (C=O) groups excluding carboxylic acids is 1. The molecule has 116 valence electrons. The highest BCUT2D eigenvalue weighted by Gasteiger charge is 2.16. The van der Waals surface area contributed by atoms with E-state index in [0.29, 0.717) is 11.4 Å². The quantitative estimate of drug-likeness (QED) is 0.866. The fraction of sp³-hybridized carbons (Fsp3) is 0.562. The Bertz CT molecular complexity index is 499. The zero-order valence-corrected chi connectivity index (χ0v) is 14.2. The minimum Gasteiger partial charge on any atom is -0.495 e. The van der Waals surface area contributed by atoms with Crippen LogP contribution >= 0.6 is 15.9 Å². The first-order chi connectivity index (χ1) is 10.1. The minimum absolute atomic E-state index is 0.101. The number of rotatable bonds is 5. The standard InChI is InChI=1S/C16H22BrNO3/c1-11-8-12(17)9-14(20-2)16(11)18-15(19)10-21-13-6-4-3-5-7-13/h8-9,13H,3-7,10H2,1-2H3,(H,18,19). The molecule has 1 aromatic rings. The Morgan fingerprint density at radius 2 is 2.05 bits per heavy atom. The number of aryl methyl sites for hydroxylation is 1. The zero-order valence-electron chi connectivity index (χ0n) is 12.6. The Morgan fingerprint density at radius 3 is 2.71 bits per heavy atom. The van der Waals surface area contributed by atoms with Crippen molar-refractivity contribution in [1.82, 2.24) is 0 Å². The van der Waals surface area contributed by atoms with Crippen molar-refractivity contribution >= 4 is 27.5 Å². The summed E-state index contributed by atoms with van der Waals surface area (Å²) in [6.45, 7) is 2.04. The lowest BCUT2D eigenvalue weighted by molar-refractivity contribution is -0.123. The average Bonchev–Trinajstić information content (AvgIpc) is 2.48. The molecule has 1 aliphatic rings. The molecule has 0 saturated heterocycles. The van der Waals surface area contributed by atoms with E-state index in [9.17, 15) is 4.79 Å². The van der Waals surface area contributed by atoms with E-state index in [1.165, 1.54) is 19.3 Å². The summed E-state index contributed by atoms with van der Waals surface area (Å²) >= 11 is 3.42. The van der Waals surface area contributed by atoms with Crippen LogP contribution in [0.4, 0.5) is 5.69 Å². The highest BCUT2D eigenvalue weighted by Crippen LogP contribution is 2.32. The number of hydrogen-bond acceptors (Lipinski definition) is 3. The molecule has 2 rings (SSSR count). The molecule has 1 saturated carbocycles. The van der Waals surface area contributed by atoms with E-state index in [1.807, 2.05) is 19.1 Å². The molecular weight excluding hydrogens is 334 g/mol. The normalized spacial score (nSPS) is 15.8. The smallest absolute Gasteiger partial charge is 0.250 e. The summed E-state index contributed by atoms with van der Waals surface area (Å²) in [5.74, 6) is 0.511. The molecule has 1 amide bonds. The van der Waals surface area contributed by atoms with Gasteiger partial charge in [0.1, 0.15) is 12.4 Å². The number of nitrogens with one attached hydrogen (secondary N) is 1. The number of amides is 1. The van der Waals surface area contributed by atoms with Gasteiger partial charge in [0.05, 0.1) is 18.9 Å². The van der Waals surface area contributed by atoms with Crippen LogP contribution in [0.1, 0.15) is 37.7 Å². The fourth-order valence-corrected chi connectivity index (χ4v) is 3.19. The number of methoxy groups -OCH3 is 1. The van der Waals surface area contributed by atoms with Crippen LogP contribution in [-0.4, -0.2) is 25.7 Å². The van der Waals surface area contributed by atoms with E-state index >= 15 is 0 Å². The molecular formula is C16H22BrNO3. The third kappa shape index (κ3) is 4.71. The molecule has 0 heterocycles. The number of hydrogen-bond donors (Lipinski definition) is 1. The molecule has 0 aliphatic heterocycles. The third-order valence-corrected chi connectivity index (χ3v) is 4.21. The van der Waals surface area contributed by atoms with Crippen LogP contribution in [0, 0.1) is 6.92 Å². The highest BCUT2D eigenvalue weighted by atomic mass is 79.9. The van der Waals surface area contributed by atoms with Crippen LogP contribution in [-0.2, 0) is 9.53 Å². The van der Waals surface area contributed by atoms with Crippen molar-refractivity contribution in [1.29, 1.82) is 0 Å². The number of ether oxygens (including phenoxy) is 2. The molecule has 1 fully saturated rings. The Morgan fingerprint density at radius 1 is 1.33 bits per heavy atom. The number of halogens is 1. The van der Waals surface area contributed by atoms with Crippen molar-refractivity contribution in [2.24, 2.45) is 0 Å². The first-order valence-corrected chi connectivity index (χ1v) is 8.15. The predicted molar refractivity (Wildman–Crippen MR) is 86.9 cm³/mol. The molecule has 1 N–H and O–H groups in total. The molecule has 0 radical (unpaired) electrons. The second-order valence-corrected chi connectivity index (χ2v) is 6.33. The van der Waals surface area contributed by atoms with Crippen molar-refractivity contribution in [3.63, 3.8) is 0 Å². The van der Waals surface area contributed by atoms with Crippen molar-refractivity contribution in [3.05, 3.63) is 22.2 Å². The summed E-state index contributed by atoms with van der Waals surface area (Å²) in [5.41, 5.74) is 1.66. The average molecular weight is 356 g/mol. The van der Waals surface area contributed by atoms with Crippen LogP contribution in [0.25, 0.3) is 0 Å². The van der Waals surface area contributed by atoms with Gasteiger partial charge in [0, 0.05) is 4.47 Å². The van der Waals surface area contributed by atoms with Crippen molar-refractivity contribution in [2.75, 3.05) is 19.0 Å². The summed E-state index contributed by atoms with van der Waals surface area (Å²) in [5, 5.41) is 2.89.